The molecule has 1 heterocycles. The summed E-state index contributed by atoms with van der Waals surface area (Å²) in [5.41, 5.74) is 22.3. The predicted octanol–water partition coefficient (Wildman–Crippen LogP) is -15.6. The maximum absolute atomic E-state index is 14.1. The molecule has 0 aromatic heterocycles. The van der Waals surface area contributed by atoms with Gasteiger partial charge in [0.25, 0.3) is 0 Å². The normalized spacial score (nSPS) is 16.5. The minimum absolute atomic E-state index is 0.0715. The highest BCUT2D eigenvalue weighted by atomic mass is 32.1. The average molecular weight is 2000 g/mol. The van der Waals surface area contributed by atoms with Crippen molar-refractivity contribution in [3.05, 3.63) is 0 Å². The van der Waals surface area contributed by atoms with Crippen LogP contribution in [0.25, 0.3) is 0 Å². The van der Waals surface area contributed by atoms with Crippen LogP contribution in [0.3, 0.4) is 0 Å². The van der Waals surface area contributed by atoms with Crippen molar-refractivity contribution in [2.24, 2.45) is 28.9 Å². The fourth-order valence-electron chi connectivity index (χ4n) is 12.8. The number of nitrogens with one attached hydrogen (secondary N) is 18. The van der Waals surface area contributed by atoms with Gasteiger partial charge in [-0.2, -0.15) is 12.6 Å². The van der Waals surface area contributed by atoms with E-state index in [4.69, 9.17) is 28.0 Å². The van der Waals surface area contributed by atoms with Gasteiger partial charge in [-0.05, 0) is 131 Å². The number of hydrogen-bond acceptors (Lipinski definition) is 34. The number of aliphatic carboxylic acids is 5. The fourth-order valence-corrected chi connectivity index (χ4v) is 13.0. The number of carboxylic acid groups (broad SMARTS) is 5. The number of aliphatic hydroxyl groups excluding tert-OH is 5. The minimum atomic E-state index is -2.19. The lowest BCUT2D eigenvalue weighted by molar-refractivity contribution is -0.147. The highest BCUT2D eigenvalue weighted by Gasteiger charge is 2.43. The molecular formula is C79H131N23O35S. The van der Waals surface area contributed by atoms with Gasteiger partial charge in [-0.3, -0.25) is 115 Å². The number of nitrogens with zero attached hydrogens (tertiary/aromatic N) is 1. The van der Waals surface area contributed by atoms with Crippen LogP contribution in [0.15, 0.2) is 0 Å². The number of nitrogens with two attached hydrogens (primary N) is 4. The van der Waals surface area contributed by atoms with Crippen molar-refractivity contribution >= 4 is 161 Å². The number of rotatable bonds is 66. The highest BCUT2D eigenvalue weighted by molar-refractivity contribution is 7.80. The quantitative estimate of drug-likeness (QED) is 0.0199. The van der Waals surface area contributed by atoms with Crippen LogP contribution in [0.4, 0.5) is 0 Å². The summed E-state index contributed by atoms with van der Waals surface area (Å²) in [6.07, 6.45) is -9.78. The van der Waals surface area contributed by atoms with Gasteiger partial charge in [0.2, 0.25) is 118 Å². The summed E-state index contributed by atoms with van der Waals surface area (Å²) in [7, 11) is 0. The van der Waals surface area contributed by atoms with Crippen molar-refractivity contribution in [2.45, 2.75) is 285 Å². The van der Waals surface area contributed by atoms with Crippen LogP contribution in [-0.4, -0.2) is 383 Å². The molecule has 1 fully saturated rings. The van der Waals surface area contributed by atoms with E-state index in [0.29, 0.717) is 0 Å². The number of aliphatic hydroxyl groups is 5. The van der Waals surface area contributed by atoms with E-state index >= 15 is 0 Å². The summed E-state index contributed by atoms with van der Waals surface area (Å²) >= 11 is 3.92. The van der Waals surface area contributed by atoms with Crippen LogP contribution in [0, 0.1) is 5.92 Å². The number of unbranched alkanes of at least 4 members (excludes halogenated alkanes) is 2. The number of carboxylic acids is 5. The fraction of sp³-hybridized carbons (Fsp3) is 0.684. The lowest BCUT2D eigenvalue weighted by Gasteiger charge is -2.30. The molecule has 0 spiro atoms. The molecule has 1 aliphatic heterocycles. The molecule has 1 rings (SSSR count). The van der Waals surface area contributed by atoms with E-state index in [1.54, 1.807) is 13.8 Å². The third-order valence-electron chi connectivity index (χ3n) is 20.5. The van der Waals surface area contributed by atoms with Gasteiger partial charge in [-0.25, -0.2) is 4.79 Å². The van der Waals surface area contributed by atoms with Gasteiger partial charge in [0, 0.05) is 25.1 Å². The molecule has 36 N–H and O–H groups in total. The molecule has 20 amide bonds. The topological polar surface area (TPSA) is 953 Å². The van der Waals surface area contributed by atoms with Gasteiger partial charge >= 0.3 is 29.8 Å². The molecule has 0 bridgehead atoms. The third kappa shape index (κ3) is 44.7. The molecule has 138 heavy (non-hydrogen) atoms. The lowest BCUT2D eigenvalue weighted by atomic mass is 10.0. The first kappa shape index (κ1) is 123. The molecule has 1 saturated heterocycles. The Morgan fingerprint density at radius 3 is 1.10 bits per heavy atom. The molecule has 0 aliphatic carbocycles. The largest absolute Gasteiger partial charge is 0.481 e. The van der Waals surface area contributed by atoms with E-state index in [-0.39, 0.29) is 89.1 Å². The van der Waals surface area contributed by atoms with Crippen molar-refractivity contribution < 1.29 is 171 Å². The van der Waals surface area contributed by atoms with Gasteiger partial charge < -0.3 is 175 Å². The predicted molar refractivity (Wildman–Crippen MR) is 475 cm³/mol. The van der Waals surface area contributed by atoms with Gasteiger partial charge in [0.05, 0.1) is 63.9 Å². The van der Waals surface area contributed by atoms with E-state index in [2.05, 4.69) is 92.4 Å². The van der Waals surface area contributed by atoms with E-state index in [0.717, 1.165) is 39.5 Å². The number of carbonyl (C=O) groups excluding carboxylic acids is 20. The van der Waals surface area contributed by atoms with E-state index in [9.17, 15) is 166 Å². The van der Waals surface area contributed by atoms with Crippen LogP contribution in [0.2, 0.25) is 0 Å². The van der Waals surface area contributed by atoms with Crippen LogP contribution < -0.4 is 119 Å². The Morgan fingerprint density at radius 2 is 0.696 bits per heavy atom. The third-order valence-corrected chi connectivity index (χ3v) is 20.9. The molecular weight excluding hydrogens is 1860 g/mol. The van der Waals surface area contributed by atoms with E-state index in [1.165, 1.54) is 6.92 Å². The average Bonchev–Trinajstić information content (AvgIpc) is 1.69. The number of carbonyl (C=O) groups is 25. The number of amides is 20. The Bertz CT molecular complexity index is 4280. The first-order chi connectivity index (χ1) is 64.5. The van der Waals surface area contributed by atoms with Crippen molar-refractivity contribution in [1.29, 1.82) is 0 Å². The second-order valence-corrected chi connectivity index (χ2v) is 33.0. The molecule has 21 atom stereocenters. The SMILES string of the molecule is CC(C)C[C@H](NC(=O)[C@H](CCCCN)NC(=O)[C@H](CC(=O)O)NC(=O)[C@H](C)NC(=O)CNC(=O)[C@H](CC(N)=O)NC(=O)[C@H](C)NC(=O)[C@H](CO)NC(=O)[C@@H](NC(=O)[C@H](CCC(=O)O)NC(=O)[C@@H](NC(=O)[C@H](CO)NC(=O)[C@H](CCCCN)NC(=O)[C@@H]1CCCN1C(=O)[C@H](CO)NC(=O)[C@H](CCC(=O)O)NC(=O)[C@H](C)NC(=O)[C@@H](N)CS)[C@@H](C)O)[C@@H](C)O)C(=O)N[C@@H](C)C(=O)N[C@@H](CC(=O)O)C(=O)O. The monoisotopic (exact) mass is 1990 g/mol. The lowest BCUT2D eigenvalue weighted by Crippen LogP contribution is -2.63. The van der Waals surface area contributed by atoms with Crippen LogP contribution in [0.5, 0.6) is 0 Å². The van der Waals surface area contributed by atoms with Crippen molar-refractivity contribution in [3.63, 3.8) is 0 Å². The molecule has 58 nitrogen and oxygen atoms in total. The molecule has 0 aromatic carbocycles. The van der Waals surface area contributed by atoms with Crippen LogP contribution in [0.1, 0.15) is 158 Å². The Balaban J connectivity index is 3.30. The standard InChI is InChI=1S/C79H131N23O35S/c1-33(2)24-45(71(128)87-37(6)64(121)96-48(79(136)137)27-58(116)117)95-67(124)41(14-9-11-21-80)90-72(129)47(26-57(114)115)94-61(118)34(3)85-54(109)28-84-66(123)46(25-53(83)108)93-63(120)36(5)88-73(130)49(29-103)98-77(134)60(39(8)107)100-70(127)44(18-20-56(112)113)92-76(133)59(38(7)106)101-74(131)50(30-104)97-68(125)42(15-10-12-22-81)91-75(132)52-16-13-23-102(52)78(135)51(31-105)99-69(126)43(17-19-55(110)111)89-62(119)35(4)86-65(122)40(82)32-138/h33-52,59-60,103-107,138H,9-32,80-82H2,1-8H3,(H2,83,108)(H,84,123)(H,85,109)(H,86,122)(H,87,128)(H,88,130)(H,89,119)(H,90,129)(H,91,132)(H,92,133)(H,93,120)(H,94,118)(H,95,124)(H,96,121)(H,97,125)(H,98,134)(H,99,126)(H,100,127)(H,101,131)(H,110,111)(H,112,113)(H,114,115)(H,116,117)(H,136,137)/t34-,35-,36-,37-,38+,39+,40-,41-,42-,43-,44-,45-,46-,47-,48-,49-,50-,51-,52-,59-,60-/m0/s1. The summed E-state index contributed by atoms with van der Waals surface area (Å²) in [6.45, 7) is 4.78. The zero-order chi connectivity index (χ0) is 105. The van der Waals surface area contributed by atoms with Crippen molar-refractivity contribution in [3.8, 4) is 0 Å². The zero-order valence-corrected chi connectivity index (χ0v) is 77.9. The maximum Gasteiger partial charge on any atom is 0.326 e. The number of likely N-dealkylation sites (tertiary alicyclic amines) is 1. The Kier molecular flexibility index (Phi) is 55.6. The summed E-state index contributed by atoms with van der Waals surface area (Å²) in [5.74, 6) is -32.4. The zero-order valence-electron chi connectivity index (χ0n) is 77.1. The smallest absolute Gasteiger partial charge is 0.326 e. The van der Waals surface area contributed by atoms with E-state index < -0.39 is 346 Å². The Morgan fingerprint density at radius 1 is 0.362 bits per heavy atom. The van der Waals surface area contributed by atoms with Crippen molar-refractivity contribution in [1.82, 2.24) is 101 Å². The highest BCUT2D eigenvalue weighted by Crippen LogP contribution is 2.21. The number of primary amides is 1. The van der Waals surface area contributed by atoms with Crippen molar-refractivity contribution in [2.75, 3.05) is 51.8 Å². The molecule has 0 saturated carbocycles. The van der Waals surface area contributed by atoms with Crippen LogP contribution >= 0.6 is 12.6 Å². The first-order valence-corrected chi connectivity index (χ1v) is 44.2. The Hall–Kier alpha value is -13.2. The summed E-state index contributed by atoms with van der Waals surface area (Å²) in [5, 5.41) is 139. The summed E-state index contributed by atoms with van der Waals surface area (Å²) in [4.78, 5) is 330. The molecule has 0 aromatic rings. The summed E-state index contributed by atoms with van der Waals surface area (Å²) in [6, 6.07) is -33.4. The summed E-state index contributed by atoms with van der Waals surface area (Å²) < 4.78 is 0. The molecule has 0 radical (unpaired) electrons. The van der Waals surface area contributed by atoms with Gasteiger partial charge in [-0.1, -0.05) is 13.8 Å². The number of thiol groups is 1. The minimum Gasteiger partial charge on any atom is -0.481 e. The van der Waals surface area contributed by atoms with E-state index in [1.807, 2.05) is 16.0 Å². The molecule has 0 unspecified atom stereocenters. The second kappa shape index (κ2) is 62.5. The van der Waals surface area contributed by atoms with Gasteiger partial charge in [0.15, 0.2) is 0 Å². The van der Waals surface area contributed by atoms with Gasteiger partial charge in [-0.15, -0.1) is 0 Å². The molecule has 59 heteroatoms. The first-order valence-electron chi connectivity index (χ1n) is 43.6. The maximum atomic E-state index is 14.1. The number of hydrogen-bond donors (Lipinski definition) is 33. The molecule has 1 aliphatic rings. The van der Waals surface area contributed by atoms with Gasteiger partial charge in [0.1, 0.15) is 109 Å². The Labute approximate surface area is 794 Å². The second-order valence-electron chi connectivity index (χ2n) is 32.6. The molecule has 778 valence electrons. The van der Waals surface area contributed by atoms with Crippen LogP contribution in [-0.2, 0) is 120 Å².